The summed E-state index contributed by atoms with van der Waals surface area (Å²) in [6.07, 6.45) is 0. The first-order valence-electron chi connectivity index (χ1n) is 0.667. The third-order valence-corrected chi connectivity index (χ3v) is 0. The van der Waals surface area contributed by atoms with Crippen molar-refractivity contribution in [1.82, 2.24) is 6.15 Å². The normalized spacial score (nSPS) is 7.25. The third kappa shape index (κ3) is 775. The van der Waals surface area contributed by atoms with E-state index in [4.69, 9.17) is 17.5 Å². The molecule has 8 heteroatoms. The molecule has 0 rings (SSSR count). The van der Waals surface area contributed by atoms with Crippen molar-refractivity contribution in [3.8, 4) is 0 Å². The molecule has 48 valence electrons. The summed E-state index contributed by atoms with van der Waals surface area (Å²) in [5.74, 6) is 0. The van der Waals surface area contributed by atoms with Gasteiger partial charge < -0.3 is 20.7 Å². The standard InChI is InChI=1S/H3N.H2O4S.H2O.Ti/c;1-5(2,3)4;;/h1H3;(H2,1,2,3,4);1H2;/q;;;+4/p-2. The zero-order valence-corrected chi connectivity index (χ0v) is 6.13. The van der Waals surface area contributed by atoms with Gasteiger partial charge in [-0.1, -0.05) is 0 Å². The fraction of sp³-hybridized carbons (Fsp3) is 0. The van der Waals surface area contributed by atoms with Crippen LogP contribution in [-0.2, 0) is 32.1 Å². The van der Waals surface area contributed by atoms with Gasteiger partial charge in [-0.05, 0) is 0 Å². The molecule has 0 aliphatic heterocycles. The van der Waals surface area contributed by atoms with Crippen LogP contribution in [0.2, 0.25) is 0 Å². The van der Waals surface area contributed by atoms with Crippen LogP contribution < -0.4 is 6.15 Å². The van der Waals surface area contributed by atoms with Gasteiger partial charge in [0.2, 0.25) is 0 Å². The van der Waals surface area contributed by atoms with Crippen LogP contribution in [0.5, 0.6) is 0 Å². The van der Waals surface area contributed by atoms with Crippen LogP contribution in [0.1, 0.15) is 0 Å². The topological polar surface area (TPSA) is 147 Å². The second-order valence-electron chi connectivity index (χ2n) is 0.408. The van der Waals surface area contributed by atoms with Gasteiger partial charge in [0, 0.05) is 10.4 Å². The molecule has 0 radical (unpaired) electrons. The van der Waals surface area contributed by atoms with E-state index in [1.807, 2.05) is 0 Å². The first-order valence-corrected chi connectivity index (χ1v) is 2.00. The molecule has 0 saturated carbocycles. The van der Waals surface area contributed by atoms with E-state index in [2.05, 4.69) is 0 Å². The molecule has 0 aromatic rings. The summed E-state index contributed by atoms with van der Waals surface area (Å²) in [5, 5.41) is 0. The Morgan fingerprint density at radius 3 is 1.12 bits per heavy atom. The second-order valence-corrected chi connectivity index (χ2v) is 1.22. The van der Waals surface area contributed by atoms with E-state index in [1.165, 1.54) is 0 Å². The Hall–Kier alpha value is 0.504. The van der Waals surface area contributed by atoms with Gasteiger partial charge >= 0.3 is 21.7 Å². The molecule has 0 unspecified atom stereocenters. The van der Waals surface area contributed by atoms with Crippen molar-refractivity contribution in [3.63, 3.8) is 0 Å². The average molecular weight is 179 g/mol. The Balaban J connectivity index is -0.0000000267. The van der Waals surface area contributed by atoms with Crippen LogP contribution >= 0.6 is 0 Å². The maximum atomic E-state index is 8.52. The first kappa shape index (κ1) is 23.6. The maximum absolute atomic E-state index is 8.52. The van der Waals surface area contributed by atoms with Gasteiger partial charge in [-0.25, -0.2) is 0 Å². The molecule has 0 spiro atoms. The zero-order valence-electron chi connectivity index (χ0n) is 3.75. The van der Waals surface area contributed by atoms with Crippen LogP contribution in [0, 0.1) is 0 Å². The molecule has 0 amide bonds. The molecule has 5 N–H and O–H groups in total. The minimum Gasteiger partial charge on any atom is -0.759 e. The van der Waals surface area contributed by atoms with E-state index < -0.39 is 10.4 Å². The molecule has 0 aromatic carbocycles. The Morgan fingerprint density at radius 2 is 1.12 bits per heavy atom. The number of hydrogen-bond donors (Lipinski definition) is 1. The Bertz CT molecular complexity index is 95.6. The average Bonchev–Trinajstić information content (AvgIpc) is 0.722. The van der Waals surface area contributed by atoms with Crippen LogP contribution in [0.3, 0.4) is 0 Å². The van der Waals surface area contributed by atoms with Gasteiger partial charge in [-0.15, -0.1) is 0 Å². The molecule has 6 nitrogen and oxygen atoms in total. The molecule has 0 fully saturated rings. The van der Waals surface area contributed by atoms with E-state index in [-0.39, 0.29) is 33.3 Å². The molecule has 0 atom stereocenters. The monoisotopic (exact) mass is 179 g/mol. The maximum Gasteiger partial charge on any atom is 4.00 e. The van der Waals surface area contributed by atoms with E-state index in [0.29, 0.717) is 0 Å². The summed E-state index contributed by atoms with van der Waals surface area (Å²) in [4.78, 5) is 0. The van der Waals surface area contributed by atoms with Crippen molar-refractivity contribution >= 4 is 10.4 Å². The molecular formula is H5NO5STi+2. The van der Waals surface area contributed by atoms with Gasteiger partial charge in [0.15, 0.2) is 0 Å². The van der Waals surface area contributed by atoms with Crippen LogP contribution in [-0.4, -0.2) is 23.0 Å². The van der Waals surface area contributed by atoms with E-state index in [1.54, 1.807) is 0 Å². The molecule has 0 aromatic heterocycles. The van der Waals surface area contributed by atoms with E-state index >= 15 is 0 Å². The van der Waals surface area contributed by atoms with Gasteiger partial charge in [0.1, 0.15) is 0 Å². The minimum absolute atomic E-state index is 0. The van der Waals surface area contributed by atoms with Crippen molar-refractivity contribution in [3.05, 3.63) is 0 Å². The van der Waals surface area contributed by atoms with Gasteiger partial charge in [-0.3, -0.25) is 8.42 Å². The quantitative estimate of drug-likeness (QED) is 0.259. The zero-order chi connectivity index (χ0) is 4.50. The van der Waals surface area contributed by atoms with E-state index in [9.17, 15) is 0 Å². The molecule has 0 aliphatic carbocycles. The fourth-order valence-electron chi connectivity index (χ4n) is 0. The van der Waals surface area contributed by atoms with Crippen molar-refractivity contribution in [2.45, 2.75) is 0 Å². The van der Waals surface area contributed by atoms with Crippen molar-refractivity contribution in [1.29, 1.82) is 0 Å². The summed E-state index contributed by atoms with van der Waals surface area (Å²) >= 11 is 0. The Morgan fingerprint density at radius 1 is 1.12 bits per heavy atom. The predicted octanol–water partition coefficient (Wildman–Crippen LogP) is -2.00. The van der Waals surface area contributed by atoms with Crippen molar-refractivity contribution in [2.24, 2.45) is 0 Å². The van der Waals surface area contributed by atoms with Crippen LogP contribution in [0.4, 0.5) is 0 Å². The summed E-state index contributed by atoms with van der Waals surface area (Å²) in [7, 11) is -5.17. The summed E-state index contributed by atoms with van der Waals surface area (Å²) in [6, 6.07) is 0. The van der Waals surface area contributed by atoms with Crippen LogP contribution in [0.15, 0.2) is 0 Å². The summed E-state index contributed by atoms with van der Waals surface area (Å²) < 4.78 is 34.1. The van der Waals surface area contributed by atoms with Gasteiger partial charge in [-0.2, -0.15) is 0 Å². The minimum atomic E-state index is -5.17. The molecule has 8 heavy (non-hydrogen) atoms. The fourth-order valence-corrected chi connectivity index (χ4v) is 0. The predicted molar refractivity (Wildman–Crippen MR) is 19.1 cm³/mol. The largest absolute Gasteiger partial charge is 4.00 e. The third-order valence-electron chi connectivity index (χ3n) is 0. The second kappa shape index (κ2) is 7.50. The van der Waals surface area contributed by atoms with E-state index in [0.717, 1.165) is 0 Å². The molecule has 0 saturated heterocycles. The molecular weight excluding hydrogens is 174 g/mol. The van der Waals surface area contributed by atoms with Crippen molar-refractivity contribution < 1.29 is 44.7 Å². The van der Waals surface area contributed by atoms with Gasteiger partial charge in [0.25, 0.3) is 0 Å². The molecule has 0 heterocycles. The van der Waals surface area contributed by atoms with Gasteiger partial charge in [0.05, 0.1) is 0 Å². The SMILES string of the molecule is N.O.O=S(=O)([O-])[O-].[Ti+4]. The Labute approximate surface area is 61.6 Å². The number of hydrogen-bond acceptors (Lipinski definition) is 5. The summed E-state index contributed by atoms with van der Waals surface area (Å²) in [5.41, 5.74) is 0. The smallest absolute Gasteiger partial charge is 0.759 e. The Kier molecular flexibility index (Phi) is 22.1. The molecule has 0 aliphatic rings. The van der Waals surface area contributed by atoms with Crippen molar-refractivity contribution in [2.75, 3.05) is 0 Å². The summed E-state index contributed by atoms with van der Waals surface area (Å²) in [6.45, 7) is 0. The number of rotatable bonds is 0. The van der Waals surface area contributed by atoms with Crippen LogP contribution in [0.25, 0.3) is 0 Å². The molecule has 0 bridgehead atoms. The first-order chi connectivity index (χ1) is 2.00.